The maximum Gasteiger partial charge on any atom is 0.326 e. The van der Waals surface area contributed by atoms with Crippen molar-refractivity contribution in [3.8, 4) is 0 Å². The first-order valence-electron chi connectivity index (χ1n) is 3.92. The van der Waals surface area contributed by atoms with Gasteiger partial charge in [-0.1, -0.05) is 0 Å². The van der Waals surface area contributed by atoms with Gasteiger partial charge < -0.3 is 15.0 Å². The van der Waals surface area contributed by atoms with E-state index in [4.69, 9.17) is 5.11 Å². The summed E-state index contributed by atoms with van der Waals surface area (Å²) >= 11 is 0. The lowest BCUT2D eigenvalue weighted by Gasteiger charge is -2.23. The number of carbonyl (C=O) groups is 1. The number of aryl methyl sites for hydroxylation is 1. The molecule has 0 amide bonds. The van der Waals surface area contributed by atoms with Gasteiger partial charge in [0.25, 0.3) is 0 Å². The van der Waals surface area contributed by atoms with Crippen molar-refractivity contribution in [3.05, 3.63) is 18.3 Å². The maximum atomic E-state index is 10.6. The minimum absolute atomic E-state index is 0.424. The number of hydrogen-bond acceptors (Lipinski definition) is 2. The Labute approximate surface area is 69.8 Å². The number of aromatic nitrogens is 1. The van der Waals surface area contributed by atoms with Crippen LogP contribution in [0.5, 0.6) is 0 Å². The van der Waals surface area contributed by atoms with Crippen molar-refractivity contribution in [3.63, 3.8) is 0 Å². The lowest BCUT2D eigenvalue weighted by atomic mass is 10.2. The fourth-order valence-corrected chi connectivity index (χ4v) is 1.44. The highest BCUT2D eigenvalue weighted by Gasteiger charge is 2.22. The molecule has 4 nitrogen and oxygen atoms in total. The summed E-state index contributed by atoms with van der Waals surface area (Å²) in [4.78, 5) is 10.6. The van der Waals surface area contributed by atoms with E-state index in [0.29, 0.717) is 6.42 Å². The van der Waals surface area contributed by atoms with Gasteiger partial charge in [0.2, 0.25) is 0 Å². The number of carboxylic acid groups (broad SMARTS) is 1. The molecule has 0 saturated heterocycles. The first-order valence-corrected chi connectivity index (χ1v) is 3.92. The molecule has 1 atom stereocenters. The third-order valence-electron chi connectivity index (χ3n) is 2.11. The molecule has 0 bridgehead atoms. The molecule has 4 heteroatoms. The summed E-state index contributed by atoms with van der Waals surface area (Å²) < 4.78 is 2.01. The zero-order valence-electron chi connectivity index (χ0n) is 6.53. The number of carboxylic acids is 1. The predicted molar refractivity (Wildman–Crippen MR) is 44.1 cm³/mol. The van der Waals surface area contributed by atoms with Gasteiger partial charge in [-0.2, -0.15) is 0 Å². The Morgan fingerprint density at radius 3 is 3.33 bits per heavy atom. The van der Waals surface area contributed by atoms with E-state index in [-0.39, 0.29) is 0 Å². The summed E-state index contributed by atoms with van der Waals surface area (Å²) in [5, 5.41) is 11.7. The number of aliphatic carboxylic acids is 1. The smallest absolute Gasteiger partial charge is 0.326 e. The van der Waals surface area contributed by atoms with E-state index in [2.05, 4.69) is 5.32 Å². The molecule has 1 aliphatic heterocycles. The van der Waals surface area contributed by atoms with Crippen molar-refractivity contribution >= 4 is 11.8 Å². The molecule has 2 heterocycles. The first-order chi connectivity index (χ1) is 5.77. The summed E-state index contributed by atoms with van der Waals surface area (Å²) in [6.45, 7) is 0.784. The Kier molecular flexibility index (Phi) is 1.53. The number of hydrogen-bond donors (Lipinski definition) is 2. The minimum atomic E-state index is -0.776. The third kappa shape index (κ3) is 1.05. The topological polar surface area (TPSA) is 54.3 Å². The second-order valence-electron chi connectivity index (χ2n) is 2.91. The fourth-order valence-electron chi connectivity index (χ4n) is 1.44. The molecule has 1 unspecified atom stereocenters. The molecule has 0 fully saturated rings. The van der Waals surface area contributed by atoms with Gasteiger partial charge in [0, 0.05) is 12.7 Å². The average molecular weight is 166 g/mol. The van der Waals surface area contributed by atoms with Crippen LogP contribution < -0.4 is 5.32 Å². The van der Waals surface area contributed by atoms with Crippen LogP contribution in [0.4, 0.5) is 5.82 Å². The van der Waals surface area contributed by atoms with Crippen LogP contribution in [-0.2, 0) is 11.3 Å². The standard InChI is InChI=1S/C8H10N2O2/c11-8(12)6-3-5-10-4-1-2-7(10)9-6/h1-2,4,6,9H,3,5H2,(H,11,12). The van der Waals surface area contributed by atoms with E-state index >= 15 is 0 Å². The SMILES string of the molecule is O=C(O)C1CCn2cccc2N1. The van der Waals surface area contributed by atoms with E-state index in [1.807, 2.05) is 22.9 Å². The van der Waals surface area contributed by atoms with Gasteiger partial charge in [0.1, 0.15) is 11.9 Å². The van der Waals surface area contributed by atoms with Gasteiger partial charge in [-0.15, -0.1) is 0 Å². The van der Waals surface area contributed by atoms with Crippen LogP contribution in [0, 0.1) is 0 Å². The van der Waals surface area contributed by atoms with Crippen molar-refractivity contribution in [1.82, 2.24) is 4.57 Å². The van der Waals surface area contributed by atoms with Gasteiger partial charge in [-0.25, -0.2) is 4.79 Å². The molecular weight excluding hydrogens is 156 g/mol. The molecule has 0 aromatic carbocycles. The van der Waals surface area contributed by atoms with Crippen LogP contribution in [0.1, 0.15) is 6.42 Å². The van der Waals surface area contributed by atoms with Crippen LogP contribution >= 0.6 is 0 Å². The number of anilines is 1. The summed E-state index contributed by atoms with van der Waals surface area (Å²) in [5.41, 5.74) is 0. The normalized spacial score (nSPS) is 21.2. The summed E-state index contributed by atoms with van der Waals surface area (Å²) in [6.07, 6.45) is 2.59. The van der Waals surface area contributed by atoms with E-state index in [1.54, 1.807) is 0 Å². The highest BCUT2D eigenvalue weighted by molar-refractivity contribution is 5.77. The van der Waals surface area contributed by atoms with Crippen LogP contribution in [-0.4, -0.2) is 21.7 Å². The maximum absolute atomic E-state index is 10.6. The Morgan fingerprint density at radius 2 is 2.58 bits per heavy atom. The predicted octanol–water partition coefficient (Wildman–Crippen LogP) is 0.757. The van der Waals surface area contributed by atoms with Crippen molar-refractivity contribution in [2.24, 2.45) is 0 Å². The quantitative estimate of drug-likeness (QED) is 0.647. The van der Waals surface area contributed by atoms with Crippen molar-refractivity contribution in [2.75, 3.05) is 5.32 Å². The van der Waals surface area contributed by atoms with Gasteiger partial charge in [0.05, 0.1) is 0 Å². The Hall–Kier alpha value is -1.45. The zero-order valence-corrected chi connectivity index (χ0v) is 6.53. The Morgan fingerprint density at radius 1 is 1.75 bits per heavy atom. The van der Waals surface area contributed by atoms with Gasteiger partial charge in [-0.3, -0.25) is 0 Å². The molecule has 0 saturated carbocycles. The third-order valence-corrected chi connectivity index (χ3v) is 2.11. The van der Waals surface area contributed by atoms with Crippen molar-refractivity contribution < 1.29 is 9.90 Å². The summed E-state index contributed by atoms with van der Waals surface area (Å²) in [6, 6.07) is 3.37. The number of fused-ring (bicyclic) bond motifs is 1. The van der Waals surface area contributed by atoms with Gasteiger partial charge >= 0.3 is 5.97 Å². The molecule has 12 heavy (non-hydrogen) atoms. The molecule has 1 aromatic heterocycles. The molecular formula is C8H10N2O2. The molecule has 1 aliphatic rings. The highest BCUT2D eigenvalue weighted by atomic mass is 16.4. The summed E-state index contributed by atoms with van der Waals surface area (Å²) in [7, 11) is 0. The first kappa shape index (κ1) is 7.21. The summed E-state index contributed by atoms with van der Waals surface area (Å²) in [5.74, 6) is 0.121. The molecule has 2 rings (SSSR count). The number of rotatable bonds is 1. The largest absolute Gasteiger partial charge is 0.480 e. The van der Waals surface area contributed by atoms with E-state index in [0.717, 1.165) is 12.4 Å². The molecule has 0 spiro atoms. The fraction of sp³-hybridized carbons (Fsp3) is 0.375. The van der Waals surface area contributed by atoms with Crippen molar-refractivity contribution in [2.45, 2.75) is 19.0 Å². The molecule has 64 valence electrons. The Balaban J connectivity index is 2.20. The molecule has 0 aliphatic carbocycles. The van der Waals surface area contributed by atoms with Crippen LogP contribution in [0.2, 0.25) is 0 Å². The van der Waals surface area contributed by atoms with Crippen LogP contribution in [0.3, 0.4) is 0 Å². The van der Waals surface area contributed by atoms with E-state index < -0.39 is 12.0 Å². The lowest BCUT2D eigenvalue weighted by molar-refractivity contribution is -0.138. The molecule has 1 aromatic rings. The average Bonchev–Trinajstić information content (AvgIpc) is 2.49. The molecule has 0 radical (unpaired) electrons. The molecule has 2 N–H and O–H groups in total. The minimum Gasteiger partial charge on any atom is -0.480 e. The van der Waals surface area contributed by atoms with Gasteiger partial charge in [0.15, 0.2) is 0 Å². The number of nitrogens with one attached hydrogen (secondary N) is 1. The second kappa shape index (κ2) is 2.55. The van der Waals surface area contributed by atoms with Gasteiger partial charge in [-0.05, 0) is 18.6 Å². The van der Waals surface area contributed by atoms with Crippen molar-refractivity contribution in [1.29, 1.82) is 0 Å². The van der Waals surface area contributed by atoms with E-state index in [1.165, 1.54) is 0 Å². The lowest BCUT2D eigenvalue weighted by Crippen LogP contribution is -2.34. The highest BCUT2D eigenvalue weighted by Crippen LogP contribution is 2.18. The number of nitrogens with zero attached hydrogens (tertiary/aromatic N) is 1. The van der Waals surface area contributed by atoms with Crippen LogP contribution in [0.25, 0.3) is 0 Å². The zero-order chi connectivity index (χ0) is 8.55. The van der Waals surface area contributed by atoms with E-state index in [9.17, 15) is 4.79 Å². The van der Waals surface area contributed by atoms with Crippen LogP contribution in [0.15, 0.2) is 18.3 Å². The second-order valence-corrected chi connectivity index (χ2v) is 2.91. The monoisotopic (exact) mass is 166 g/mol. The Bertz CT molecular complexity index is 306.